The minimum Gasteiger partial charge on any atom is -0.486 e. The first-order valence-electron chi connectivity index (χ1n) is 12.2. The molecule has 0 aromatic heterocycles. The van der Waals surface area contributed by atoms with Crippen LogP contribution in [0.3, 0.4) is 0 Å². The highest BCUT2D eigenvalue weighted by Gasteiger charge is 2.43. The Labute approximate surface area is 197 Å². The zero-order valence-electron chi connectivity index (χ0n) is 20.4. The summed E-state index contributed by atoms with van der Waals surface area (Å²) in [6, 6.07) is 12.8. The minimum absolute atomic E-state index is 0.143. The summed E-state index contributed by atoms with van der Waals surface area (Å²) in [7, 11) is 0. The molecule has 5 nitrogen and oxygen atoms in total. The average Bonchev–Trinajstić information content (AvgIpc) is 2.82. The van der Waals surface area contributed by atoms with E-state index < -0.39 is 0 Å². The fourth-order valence-corrected chi connectivity index (χ4v) is 5.15. The monoisotopic (exact) mass is 452 g/mol. The van der Waals surface area contributed by atoms with Gasteiger partial charge in [-0.15, -0.1) is 0 Å². The first kappa shape index (κ1) is 23.6. The normalized spacial score (nSPS) is 26.6. The quantitative estimate of drug-likeness (QED) is 0.529. The maximum Gasteiger partial charge on any atom is 0.303 e. The van der Waals surface area contributed by atoms with Crippen molar-refractivity contribution in [1.29, 1.82) is 0 Å². The number of benzene rings is 2. The van der Waals surface area contributed by atoms with E-state index in [0.717, 1.165) is 36.3 Å². The Balaban J connectivity index is 1.66. The van der Waals surface area contributed by atoms with Crippen molar-refractivity contribution in [2.75, 3.05) is 13.2 Å². The van der Waals surface area contributed by atoms with Gasteiger partial charge in [-0.1, -0.05) is 52.0 Å². The zero-order valence-corrected chi connectivity index (χ0v) is 20.4. The highest BCUT2D eigenvalue weighted by molar-refractivity contribution is 5.66. The number of aryl methyl sites for hydroxylation is 1. The SMILES string of the molecule is CCc1ccc([C@@H]2O[C@H](CC)[C@@H](C)[C@H](C)[C@H]2OC(C)=O)cc1Cc1ccc2c(c1)OCCO2. The van der Waals surface area contributed by atoms with Crippen LogP contribution in [0, 0.1) is 11.8 Å². The lowest BCUT2D eigenvalue weighted by Gasteiger charge is -2.44. The van der Waals surface area contributed by atoms with E-state index in [4.69, 9.17) is 18.9 Å². The van der Waals surface area contributed by atoms with E-state index in [-0.39, 0.29) is 30.2 Å². The van der Waals surface area contributed by atoms with Gasteiger partial charge in [-0.2, -0.15) is 0 Å². The van der Waals surface area contributed by atoms with Crippen molar-refractivity contribution in [3.05, 3.63) is 58.7 Å². The lowest BCUT2D eigenvalue weighted by atomic mass is 9.78. The molecule has 2 aliphatic rings. The minimum atomic E-state index is -0.296. The van der Waals surface area contributed by atoms with Crippen LogP contribution in [0.4, 0.5) is 0 Å². The Hall–Kier alpha value is -2.53. The summed E-state index contributed by atoms with van der Waals surface area (Å²) in [5.74, 6) is 1.90. The molecule has 5 heteroatoms. The second-order valence-corrected chi connectivity index (χ2v) is 9.33. The summed E-state index contributed by atoms with van der Waals surface area (Å²) in [6.45, 7) is 11.4. The van der Waals surface area contributed by atoms with E-state index in [1.54, 1.807) is 0 Å². The van der Waals surface area contributed by atoms with E-state index in [1.165, 1.54) is 23.6 Å². The molecular formula is C28H36O5. The smallest absolute Gasteiger partial charge is 0.303 e. The molecule has 0 radical (unpaired) electrons. The molecular weight excluding hydrogens is 416 g/mol. The van der Waals surface area contributed by atoms with Crippen molar-refractivity contribution in [3.63, 3.8) is 0 Å². The molecule has 1 fully saturated rings. The van der Waals surface area contributed by atoms with Crippen molar-refractivity contribution in [1.82, 2.24) is 0 Å². The molecule has 0 unspecified atom stereocenters. The molecule has 2 heterocycles. The summed E-state index contributed by atoms with van der Waals surface area (Å²) in [4.78, 5) is 11.9. The van der Waals surface area contributed by atoms with Crippen molar-refractivity contribution in [3.8, 4) is 11.5 Å². The zero-order chi connectivity index (χ0) is 23.5. The van der Waals surface area contributed by atoms with Crippen molar-refractivity contribution in [2.45, 2.75) is 72.2 Å². The maximum atomic E-state index is 11.9. The van der Waals surface area contributed by atoms with Gasteiger partial charge >= 0.3 is 5.97 Å². The molecule has 178 valence electrons. The standard InChI is InChI=1S/C28H36O5/c1-6-21-9-10-22(28-27(32-19(5)29)18(4)17(3)24(7-2)33-28)16-23(21)14-20-8-11-25-26(15-20)31-13-12-30-25/h8-11,15-18,24,27-28H,6-7,12-14H2,1-5H3/t17-,18-,24+,27+,28-/m0/s1. The second-order valence-electron chi connectivity index (χ2n) is 9.33. The number of rotatable bonds is 6. The molecule has 1 saturated heterocycles. The first-order valence-corrected chi connectivity index (χ1v) is 12.2. The third-order valence-corrected chi connectivity index (χ3v) is 7.20. The summed E-state index contributed by atoms with van der Waals surface area (Å²) < 4.78 is 23.8. The van der Waals surface area contributed by atoms with Gasteiger partial charge in [0.25, 0.3) is 0 Å². The van der Waals surface area contributed by atoms with Gasteiger partial charge in [0.2, 0.25) is 0 Å². The van der Waals surface area contributed by atoms with Crippen molar-refractivity contribution in [2.24, 2.45) is 11.8 Å². The number of hydrogen-bond acceptors (Lipinski definition) is 5. The van der Waals surface area contributed by atoms with Gasteiger partial charge in [-0.25, -0.2) is 0 Å². The van der Waals surface area contributed by atoms with Crippen LogP contribution in [0.15, 0.2) is 36.4 Å². The first-order chi connectivity index (χ1) is 15.9. The molecule has 4 rings (SSSR count). The Morgan fingerprint density at radius 2 is 1.73 bits per heavy atom. The second kappa shape index (κ2) is 10.2. The van der Waals surface area contributed by atoms with Gasteiger partial charge in [-0.05, 0) is 59.6 Å². The van der Waals surface area contributed by atoms with Crippen LogP contribution >= 0.6 is 0 Å². The number of fused-ring (bicyclic) bond motifs is 1. The van der Waals surface area contributed by atoms with Gasteiger partial charge in [-0.3, -0.25) is 4.79 Å². The molecule has 0 spiro atoms. The fourth-order valence-electron chi connectivity index (χ4n) is 5.15. The number of hydrogen-bond donors (Lipinski definition) is 0. The van der Waals surface area contributed by atoms with Crippen LogP contribution in [0.1, 0.15) is 69.4 Å². The molecule has 0 aliphatic carbocycles. The average molecular weight is 453 g/mol. The van der Waals surface area contributed by atoms with Crippen molar-refractivity contribution < 1.29 is 23.7 Å². The third-order valence-electron chi connectivity index (χ3n) is 7.20. The molecule has 0 saturated carbocycles. The Morgan fingerprint density at radius 3 is 2.42 bits per heavy atom. The van der Waals surface area contributed by atoms with Crippen LogP contribution in [-0.4, -0.2) is 31.4 Å². The predicted molar refractivity (Wildman–Crippen MR) is 128 cm³/mol. The molecule has 2 aromatic rings. The van der Waals surface area contributed by atoms with Gasteiger partial charge in [0, 0.05) is 12.8 Å². The topological polar surface area (TPSA) is 54.0 Å². The third kappa shape index (κ3) is 5.03. The summed E-state index contributed by atoms with van der Waals surface area (Å²) in [5, 5.41) is 0. The van der Waals surface area contributed by atoms with Crippen molar-refractivity contribution >= 4 is 5.97 Å². The van der Waals surface area contributed by atoms with Gasteiger partial charge in [0.15, 0.2) is 11.5 Å². The van der Waals surface area contributed by atoms with Crippen LogP contribution in [0.2, 0.25) is 0 Å². The van der Waals surface area contributed by atoms with Crippen LogP contribution in [0.25, 0.3) is 0 Å². The summed E-state index contributed by atoms with van der Waals surface area (Å²) in [6.07, 6.45) is 2.26. The molecule has 0 bridgehead atoms. The van der Waals surface area contributed by atoms with Crippen LogP contribution in [0.5, 0.6) is 11.5 Å². The van der Waals surface area contributed by atoms with E-state index in [0.29, 0.717) is 19.1 Å². The summed E-state index contributed by atoms with van der Waals surface area (Å²) in [5.41, 5.74) is 4.82. The maximum absolute atomic E-state index is 11.9. The molecule has 33 heavy (non-hydrogen) atoms. The number of ether oxygens (including phenoxy) is 4. The van der Waals surface area contributed by atoms with Gasteiger partial charge in [0.1, 0.15) is 25.4 Å². The number of carbonyl (C=O) groups excluding carboxylic acids is 1. The Morgan fingerprint density at radius 1 is 0.970 bits per heavy atom. The largest absolute Gasteiger partial charge is 0.486 e. The van der Waals surface area contributed by atoms with E-state index in [1.807, 2.05) is 6.07 Å². The molecule has 2 aliphatic heterocycles. The highest BCUT2D eigenvalue weighted by atomic mass is 16.6. The molecule has 2 aromatic carbocycles. The Kier molecular flexibility index (Phi) is 7.28. The van der Waals surface area contributed by atoms with E-state index in [2.05, 4.69) is 58.0 Å². The Bertz CT molecular complexity index is 984. The van der Waals surface area contributed by atoms with E-state index >= 15 is 0 Å². The molecule has 0 N–H and O–H groups in total. The van der Waals surface area contributed by atoms with Gasteiger partial charge in [0.05, 0.1) is 6.10 Å². The lowest BCUT2D eigenvalue weighted by molar-refractivity contribution is -0.196. The predicted octanol–water partition coefficient (Wildman–Crippen LogP) is 5.66. The van der Waals surface area contributed by atoms with Gasteiger partial charge < -0.3 is 18.9 Å². The molecule has 5 atom stereocenters. The highest BCUT2D eigenvalue weighted by Crippen LogP contribution is 2.42. The number of esters is 1. The molecule has 0 amide bonds. The fraction of sp³-hybridized carbons (Fsp3) is 0.536. The lowest BCUT2D eigenvalue weighted by Crippen LogP contribution is -2.46. The van der Waals surface area contributed by atoms with E-state index in [9.17, 15) is 4.79 Å². The summed E-state index contributed by atoms with van der Waals surface area (Å²) >= 11 is 0. The van der Waals surface area contributed by atoms with Crippen LogP contribution < -0.4 is 9.47 Å². The van der Waals surface area contributed by atoms with Crippen LogP contribution in [-0.2, 0) is 27.1 Å². The number of carbonyl (C=O) groups is 1.